The van der Waals surface area contributed by atoms with E-state index in [1.807, 2.05) is 0 Å². The molecule has 0 amide bonds. The van der Waals surface area contributed by atoms with Crippen LogP contribution < -0.4 is 0 Å². The molecule has 48 heavy (non-hydrogen) atoms. The molecule has 6 rings (SSSR count). The van der Waals surface area contributed by atoms with Crippen LogP contribution in [0, 0.1) is 27.6 Å². The second kappa shape index (κ2) is 15.4. The van der Waals surface area contributed by atoms with Gasteiger partial charge in [-0.3, -0.25) is 9.59 Å². The van der Waals surface area contributed by atoms with Crippen LogP contribution in [0.2, 0.25) is 0 Å². The van der Waals surface area contributed by atoms with E-state index >= 15 is 0 Å². The first-order chi connectivity index (χ1) is 22.7. The third kappa shape index (κ3) is 7.43. The topological polar surface area (TPSA) is 89.5 Å². The maximum absolute atomic E-state index is 11.7. The lowest BCUT2D eigenvalue weighted by molar-refractivity contribution is -0.265. The van der Waals surface area contributed by atoms with Crippen molar-refractivity contribution in [1.82, 2.24) is 0 Å². The van der Waals surface area contributed by atoms with Gasteiger partial charge in [0.25, 0.3) is 0 Å². The highest BCUT2D eigenvalue weighted by molar-refractivity contribution is 5.67. The number of esters is 2. The lowest BCUT2D eigenvalue weighted by Crippen LogP contribution is -2.61. The van der Waals surface area contributed by atoms with Gasteiger partial charge in [0.2, 0.25) is 0 Å². The van der Waals surface area contributed by atoms with Crippen LogP contribution in [0.15, 0.2) is 12.2 Å². The molecule has 4 saturated carbocycles. The summed E-state index contributed by atoms with van der Waals surface area (Å²) < 4.78 is 36.2. The van der Waals surface area contributed by atoms with Crippen molar-refractivity contribution in [2.45, 2.75) is 188 Å². The smallest absolute Gasteiger partial charge is 0.303 e. The number of carbonyl (C=O) groups excluding carboxylic acids is 2. The largest absolute Gasteiger partial charge is 0.462 e. The number of ether oxygens (including phenoxy) is 6. The maximum atomic E-state index is 11.7. The molecule has 4 aliphatic carbocycles. The van der Waals surface area contributed by atoms with Gasteiger partial charge in [0.1, 0.15) is 12.2 Å². The van der Waals surface area contributed by atoms with Gasteiger partial charge >= 0.3 is 11.9 Å². The molecule has 8 heteroatoms. The van der Waals surface area contributed by atoms with Crippen LogP contribution in [-0.4, -0.2) is 62.1 Å². The van der Waals surface area contributed by atoms with Crippen molar-refractivity contribution in [3.63, 3.8) is 0 Å². The minimum absolute atomic E-state index is 0.00701. The van der Waals surface area contributed by atoms with Crippen LogP contribution in [0.4, 0.5) is 0 Å². The van der Waals surface area contributed by atoms with Crippen molar-refractivity contribution in [1.29, 1.82) is 0 Å². The third-order valence-corrected chi connectivity index (χ3v) is 14.0. The average molecular weight is 675 g/mol. The highest BCUT2D eigenvalue weighted by Gasteiger charge is 2.62. The first-order valence-electron chi connectivity index (χ1n) is 19.3. The normalized spacial score (nSPS) is 44.6. The molecule has 6 fully saturated rings. The molecular formula is C40H66O8. The van der Waals surface area contributed by atoms with Crippen LogP contribution in [0.5, 0.6) is 0 Å². The molecule has 0 aromatic heterocycles. The Balaban J connectivity index is 0.000000188. The van der Waals surface area contributed by atoms with Gasteiger partial charge in [-0.1, -0.05) is 54.0 Å². The molecule has 2 heterocycles. The average Bonchev–Trinajstić information content (AvgIpc) is 3.05. The molecule has 0 radical (unpaired) electrons. The molecule has 2 saturated heterocycles. The number of fused-ring (bicyclic) bond motifs is 2. The number of rotatable bonds is 6. The minimum Gasteiger partial charge on any atom is -0.462 e. The van der Waals surface area contributed by atoms with E-state index in [1.54, 1.807) is 0 Å². The molecular weight excluding hydrogens is 608 g/mol. The zero-order chi connectivity index (χ0) is 34.7. The van der Waals surface area contributed by atoms with Crippen LogP contribution in [0.3, 0.4) is 0 Å². The number of carbonyl (C=O) groups is 2. The fourth-order valence-electron chi connectivity index (χ4n) is 10.6. The van der Waals surface area contributed by atoms with Crippen LogP contribution in [0.1, 0.15) is 151 Å². The molecule has 0 N–H and O–H groups in total. The van der Waals surface area contributed by atoms with E-state index in [9.17, 15) is 9.59 Å². The Hall–Kier alpha value is -1.48. The molecule has 11 atom stereocenters. The summed E-state index contributed by atoms with van der Waals surface area (Å²) in [5, 5.41) is 0. The molecule has 0 spiro atoms. The summed E-state index contributed by atoms with van der Waals surface area (Å²) in [5.74, 6) is 0.0397. The summed E-state index contributed by atoms with van der Waals surface area (Å²) in [6.07, 6.45) is 17.4. The summed E-state index contributed by atoms with van der Waals surface area (Å²) in [6, 6.07) is 0. The first kappa shape index (κ1) is 37.8. The van der Waals surface area contributed by atoms with E-state index < -0.39 is 0 Å². The maximum Gasteiger partial charge on any atom is 0.303 e. The third-order valence-electron chi connectivity index (χ3n) is 14.0. The van der Waals surface area contributed by atoms with Gasteiger partial charge in [0.05, 0.1) is 12.2 Å². The van der Waals surface area contributed by atoms with Crippen molar-refractivity contribution in [3.8, 4) is 0 Å². The fourth-order valence-corrected chi connectivity index (χ4v) is 10.6. The summed E-state index contributed by atoms with van der Waals surface area (Å²) in [7, 11) is 0. The lowest BCUT2D eigenvalue weighted by atomic mass is 9.47. The van der Waals surface area contributed by atoms with E-state index in [4.69, 9.17) is 28.4 Å². The minimum atomic E-state index is -0.217. The van der Waals surface area contributed by atoms with Gasteiger partial charge in [-0.05, 0) is 101 Å². The van der Waals surface area contributed by atoms with Gasteiger partial charge in [0.15, 0.2) is 12.6 Å². The molecule has 0 aromatic carbocycles. The van der Waals surface area contributed by atoms with E-state index in [0.717, 1.165) is 109 Å². The van der Waals surface area contributed by atoms with Crippen molar-refractivity contribution in [3.05, 3.63) is 12.2 Å². The Labute approximate surface area is 290 Å². The van der Waals surface area contributed by atoms with Crippen molar-refractivity contribution >= 4 is 11.9 Å². The SMILES string of the molecule is C=C1CC[C@@]2(C)[C@H](OC3CCCCO3)CCC[C@@]2(C)C1OC(C)=O.CC(=O)O[C@H]1[C@@H](C)CC[C@@]2(C)[C@H](OC3CCCCO3)CCC[C@@]12C. The predicted molar refractivity (Wildman–Crippen MR) is 185 cm³/mol. The molecule has 3 unspecified atom stereocenters. The monoisotopic (exact) mass is 674 g/mol. The van der Waals surface area contributed by atoms with Gasteiger partial charge in [-0.2, -0.15) is 0 Å². The Morgan fingerprint density at radius 2 is 1.17 bits per heavy atom. The van der Waals surface area contributed by atoms with E-state index in [0.29, 0.717) is 5.92 Å². The Morgan fingerprint density at radius 3 is 1.67 bits per heavy atom. The molecule has 0 bridgehead atoms. The van der Waals surface area contributed by atoms with Gasteiger partial charge < -0.3 is 28.4 Å². The van der Waals surface area contributed by atoms with Crippen LogP contribution >= 0.6 is 0 Å². The highest BCUT2D eigenvalue weighted by atomic mass is 16.7. The van der Waals surface area contributed by atoms with Crippen LogP contribution in [-0.2, 0) is 38.0 Å². The standard InChI is InChI=1S/C20H34O4.C20H32O4/c2*1-14-10-12-19(3)16(24-17-9-5-6-13-22-17)8-7-11-20(19,4)18(14)23-15(2)21/h14,16-18H,5-13H2,1-4H3;16-18H,1,5-13H2,2-4H3/t14-,16+,17?,18-,19-,20-;16-,17?,18?,19+,20+/m01/s1. The Kier molecular flexibility index (Phi) is 12.1. The summed E-state index contributed by atoms with van der Waals surface area (Å²) in [4.78, 5) is 23.4. The molecule has 0 aromatic rings. The second-order valence-electron chi connectivity index (χ2n) is 17.0. The molecule has 6 aliphatic rings. The van der Waals surface area contributed by atoms with Crippen molar-refractivity contribution in [2.75, 3.05) is 13.2 Å². The van der Waals surface area contributed by atoms with E-state index in [1.165, 1.54) is 26.7 Å². The quantitative estimate of drug-likeness (QED) is 0.204. The Bertz CT molecular complexity index is 1130. The first-order valence-corrected chi connectivity index (χ1v) is 19.3. The Morgan fingerprint density at radius 1 is 0.646 bits per heavy atom. The summed E-state index contributed by atoms with van der Waals surface area (Å²) in [5.41, 5.74) is 0.936. The van der Waals surface area contributed by atoms with Gasteiger partial charge in [-0.25, -0.2) is 0 Å². The van der Waals surface area contributed by atoms with E-state index in [-0.39, 0.29) is 70.6 Å². The fraction of sp³-hybridized carbons (Fsp3) is 0.900. The van der Waals surface area contributed by atoms with E-state index in [2.05, 4.69) is 41.2 Å². The number of hydrogen-bond donors (Lipinski definition) is 0. The van der Waals surface area contributed by atoms with Crippen molar-refractivity contribution in [2.24, 2.45) is 27.6 Å². The molecule has 2 aliphatic heterocycles. The number of hydrogen-bond acceptors (Lipinski definition) is 8. The highest BCUT2D eigenvalue weighted by Crippen LogP contribution is 2.63. The molecule has 8 nitrogen and oxygen atoms in total. The van der Waals surface area contributed by atoms with Crippen molar-refractivity contribution < 1.29 is 38.0 Å². The summed E-state index contributed by atoms with van der Waals surface area (Å²) in [6.45, 7) is 20.4. The van der Waals surface area contributed by atoms with Gasteiger partial charge in [-0.15, -0.1) is 0 Å². The lowest BCUT2D eigenvalue weighted by Gasteiger charge is -2.61. The molecule has 274 valence electrons. The van der Waals surface area contributed by atoms with Crippen LogP contribution in [0.25, 0.3) is 0 Å². The zero-order valence-electron chi connectivity index (χ0n) is 31.2. The predicted octanol–water partition coefficient (Wildman–Crippen LogP) is 8.83. The van der Waals surface area contributed by atoms with Gasteiger partial charge in [0, 0.05) is 48.7 Å². The summed E-state index contributed by atoms with van der Waals surface area (Å²) >= 11 is 0. The second-order valence-corrected chi connectivity index (χ2v) is 17.0. The zero-order valence-corrected chi connectivity index (χ0v) is 31.2.